The van der Waals surface area contributed by atoms with Gasteiger partial charge >= 0.3 is 5.97 Å². The molecule has 0 radical (unpaired) electrons. The lowest BCUT2D eigenvalue weighted by atomic mass is 10.2. The molecular weight excluding hydrogens is 244 g/mol. The second-order valence-electron chi connectivity index (χ2n) is 5.14. The minimum Gasteiger partial charge on any atom is -0.480 e. The molecule has 19 heavy (non-hydrogen) atoms. The number of carboxylic acid groups (broad SMARTS) is 1. The third kappa shape index (κ3) is 4.65. The first kappa shape index (κ1) is 14.0. The van der Waals surface area contributed by atoms with Crippen molar-refractivity contribution >= 4 is 5.97 Å². The number of nitrogens with zero attached hydrogens (tertiary/aromatic N) is 4. The minimum absolute atomic E-state index is 0.163. The van der Waals surface area contributed by atoms with Crippen LogP contribution in [0.5, 0.6) is 0 Å². The highest BCUT2D eigenvalue weighted by Gasteiger charge is 2.16. The van der Waals surface area contributed by atoms with Crippen LogP contribution in [0.3, 0.4) is 0 Å². The number of carboxylic acids is 1. The van der Waals surface area contributed by atoms with Crippen LogP contribution >= 0.6 is 0 Å². The first-order valence-corrected chi connectivity index (χ1v) is 6.77. The molecule has 1 aromatic rings. The van der Waals surface area contributed by atoms with Crippen LogP contribution < -0.4 is 0 Å². The Morgan fingerprint density at radius 2 is 2.05 bits per heavy atom. The highest BCUT2D eigenvalue weighted by atomic mass is 16.4. The zero-order valence-electron chi connectivity index (χ0n) is 11.5. The van der Waals surface area contributed by atoms with E-state index >= 15 is 0 Å². The standard InChI is InChI=1S/C13H22N4O2/c1-15-10-12(9-14-15)3-6-16-4-2-5-17(8-7-16)11-13(18)19/h9-10H,2-8,11H2,1H3,(H,18,19). The molecule has 0 saturated carbocycles. The van der Waals surface area contributed by atoms with Crippen LogP contribution in [0.1, 0.15) is 12.0 Å². The number of aromatic nitrogens is 2. The van der Waals surface area contributed by atoms with E-state index in [1.165, 1.54) is 5.56 Å². The molecular formula is C13H22N4O2. The summed E-state index contributed by atoms with van der Waals surface area (Å²) in [5.41, 5.74) is 1.26. The predicted molar refractivity (Wildman–Crippen MR) is 72.0 cm³/mol. The van der Waals surface area contributed by atoms with Gasteiger partial charge in [0, 0.05) is 39.4 Å². The number of hydrogen-bond acceptors (Lipinski definition) is 4. The third-order valence-electron chi connectivity index (χ3n) is 3.52. The Labute approximate surface area is 113 Å². The Bertz CT molecular complexity index is 419. The van der Waals surface area contributed by atoms with E-state index in [-0.39, 0.29) is 6.54 Å². The molecule has 2 heterocycles. The van der Waals surface area contributed by atoms with E-state index in [2.05, 4.69) is 16.2 Å². The van der Waals surface area contributed by atoms with E-state index in [4.69, 9.17) is 5.11 Å². The van der Waals surface area contributed by atoms with Gasteiger partial charge in [0.1, 0.15) is 0 Å². The van der Waals surface area contributed by atoms with Crippen LogP contribution in [0.15, 0.2) is 12.4 Å². The number of carbonyl (C=O) groups is 1. The van der Waals surface area contributed by atoms with Crippen molar-refractivity contribution in [1.82, 2.24) is 19.6 Å². The summed E-state index contributed by atoms with van der Waals surface area (Å²) in [6, 6.07) is 0. The van der Waals surface area contributed by atoms with Crippen molar-refractivity contribution < 1.29 is 9.90 Å². The van der Waals surface area contributed by atoms with Crippen molar-refractivity contribution in [3.8, 4) is 0 Å². The van der Waals surface area contributed by atoms with Gasteiger partial charge in [-0.15, -0.1) is 0 Å². The number of hydrogen-bond donors (Lipinski definition) is 1. The van der Waals surface area contributed by atoms with Crippen LogP contribution in [0.4, 0.5) is 0 Å². The molecule has 0 amide bonds. The molecule has 0 unspecified atom stereocenters. The quantitative estimate of drug-likeness (QED) is 0.816. The topological polar surface area (TPSA) is 61.6 Å². The second-order valence-corrected chi connectivity index (χ2v) is 5.14. The molecule has 0 aliphatic carbocycles. The molecule has 6 nitrogen and oxygen atoms in total. The lowest BCUT2D eigenvalue weighted by molar-refractivity contribution is -0.138. The maximum Gasteiger partial charge on any atom is 0.317 e. The monoisotopic (exact) mass is 266 g/mol. The Kier molecular flexibility index (Phi) is 4.93. The second kappa shape index (κ2) is 6.68. The van der Waals surface area contributed by atoms with Crippen molar-refractivity contribution in [3.05, 3.63) is 18.0 Å². The maximum absolute atomic E-state index is 10.7. The van der Waals surface area contributed by atoms with Gasteiger partial charge in [-0.25, -0.2) is 0 Å². The van der Waals surface area contributed by atoms with Crippen molar-refractivity contribution in [3.63, 3.8) is 0 Å². The van der Waals surface area contributed by atoms with Gasteiger partial charge in [-0.3, -0.25) is 14.4 Å². The van der Waals surface area contributed by atoms with Gasteiger partial charge in [-0.1, -0.05) is 0 Å². The fraction of sp³-hybridized carbons (Fsp3) is 0.692. The fourth-order valence-electron chi connectivity index (χ4n) is 2.49. The normalized spacial score (nSPS) is 18.4. The molecule has 1 N–H and O–H groups in total. The van der Waals surface area contributed by atoms with Gasteiger partial charge in [-0.05, 0) is 24.9 Å². The molecule has 1 aliphatic heterocycles. The smallest absolute Gasteiger partial charge is 0.317 e. The van der Waals surface area contributed by atoms with E-state index in [1.807, 2.05) is 22.8 Å². The predicted octanol–water partition coefficient (Wildman–Crippen LogP) is 0.0549. The summed E-state index contributed by atoms with van der Waals surface area (Å²) in [4.78, 5) is 15.1. The van der Waals surface area contributed by atoms with Gasteiger partial charge < -0.3 is 10.0 Å². The zero-order valence-corrected chi connectivity index (χ0v) is 11.5. The molecule has 1 fully saturated rings. The molecule has 6 heteroatoms. The van der Waals surface area contributed by atoms with Crippen LogP contribution in [-0.2, 0) is 18.3 Å². The highest BCUT2D eigenvalue weighted by molar-refractivity contribution is 5.69. The van der Waals surface area contributed by atoms with Gasteiger partial charge in [0.15, 0.2) is 0 Å². The van der Waals surface area contributed by atoms with Crippen LogP contribution in [0.25, 0.3) is 0 Å². The first-order chi connectivity index (χ1) is 9.13. The van der Waals surface area contributed by atoms with E-state index in [1.54, 1.807) is 0 Å². The average Bonchev–Trinajstić information content (AvgIpc) is 2.64. The summed E-state index contributed by atoms with van der Waals surface area (Å²) in [6.45, 7) is 4.92. The zero-order chi connectivity index (χ0) is 13.7. The van der Waals surface area contributed by atoms with Crippen molar-refractivity contribution in [2.24, 2.45) is 7.05 Å². The lowest BCUT2D eigenvalue weighted by Crippen LogP contribution is -2.34. The van der Waals surface area contributed by atoms with E-state index in [0.29, 0.717) is 0 Å². The Hall–Kier alpha value is -1.40. The molecule has 1 aromatic heterocycles. The fourth-order valence-corrected chi connectivity index (χ4v) is 2.49. The summed E-state index contributed by atoms with van der Waals surface area (Å²) in [6.07, 6.45) is 6.01. The van der Waals surface area contributed by atoms with Gasteiger partial charge in [0.2, 0.25) is 0 Å². The summed E-state index contributed by atoms with van der Waals surface area (Å²) in [5, 5.41) is 13.0. The van der Waals surface area contributed by atoms with Gasteiger partial charge in [0.05, 0.1) is 12.7 Å². The largest absolute Gasteiger partial charge is 0.480 e. The van der Waals surface area contributed by atoms with Crippen molar-refractivity contribution in [2.45, 2.75) is 12.8 Å². The number of rotatable bonds is 5. The average molecular weight is 266 g/mol. The Morgan fingerprint density at radius 3 is 2.74 bits per heavy atom. The first-order valence-electron chi connectivity index (χ1n) is 6.77. The van der Waals surface area contributed by atoms with Gasteiger partial charge in [-0.2, -0.15) is 5.10 Å². The summed E-state index contributed by atoms with van der Waals surface area (Å²) < 4.78 is 1.83. The Morgan fingerprint density at radius 1 is 1.32 bits per heavy atom. The van der Waals surface area contributed by atoms with E-state index < -0.39 is 5.97 Å². The molecule has 106 valence electrons. The summed E-state index contributed by atoms with van der Waals surface area (Å²) in [5.74, 6) is -0.733. The molecule has 0 aromatic carbocycles. The van der Waals surface area contributed by atoms with E-state index in [0.717, 1.165) is 45.6 Å². The summed E-state index contributed by atoms with van der Waals surface area (Å²) >= 11 is 0. The molecule has 1 aliphatic rings. The summed E-state index contributed by atoms with van der Waals surface area (Å²) in [7, 11) is 1.93. The minimum atomic E-state index is -0.733. The highest BCUT2D eigenvalue weighted by Crippen LogP contribution is 2.05. The molecule has 0 bridgehead atoms. The SMILES string of the molecule is Cn1cc(CCN2CCCN(CC(=O)O)CC2)cn1. The van der Waals surface area contributed by atoms with Crippen LogP contribution in [0, 0.1) is 0 Å². The lowest BCUT2D eigenvalue weighted by Gasteiger charge is -2.20. The number of aryl methyl sites for hydroxylation is 1. The van der Waals surface area contributed by atoms with Crippen LogP contribution in [-0.4, -0.2) is 69.9 Å². The Balaban J connectivity index is 1.74. The van der Waals surface area contributed by atoms with Crippen molar-refractivity contribution in [1.29, 1.82) is 0 Å². The van der Waals surface area contributed by atoms with Crippen LogP contribution in [0.2, 0.25) is 0 Å². The van der Waals surface area contributed by atoms with Crippen molar-refractivity contribution in [2.75, 3.05) is 39.3 Å². The number of aliphatic carboxylic acids is 1. The van der Waals surface area contributed by atoms with Gasteiger partial charge in [0.25, 0.3) is 0 Å². The maximum atomic E-state index is 10.7. The molecule has 2 rings (SSSR count). The molecule has 0 atom stereocenters. The molecule has 0 spiro atoms. The molecule has 1 saturated heterocycles. The van der Waals surface area contributed by atoms with E-state index in [9.17, 15) is 4.79 Å². The third-order valence-corrected chi connectivity index (χ3v) is 3.52.